The fourth-order valence-electron chi connectivity index (χ4n) is 3.10. The van der Waals surface area contributed by atoms with Crippen molar-refractivity contribution in [3.63, 3.8) is 0 Å². The molecule has 0 saturated heterocycles. The molecule has 0 unspecified atom stereocenters. The normalized spacial score (nSPS) is 11.7. The van der Waals surface area contributed by atoms with Gasteiger partial charge in [-0.25, -0.2) is 14.0 Å². The molecule has 1 aromatic heterocycles. The Labute approximate surface area is 247 Å². The fourth-order valence-corrected chi connectivity index (χ4v) is 3.37. The average Bonchev–Trinajstić information content (AvgIpc) is 2.87. The zero-order valence-electron chi connectivity index (χ0n) is 21.2. The molecule has 2 N–H and O–H groups in total. The number of esters is 1. The first-order chi connectivity index (χ1) is 19.9. The summed E-state index contributed by atoms with van der Waals surface area (Å²) in [6.45, 7) is -0.722. The van der Waals surface area contributed by atoms with Crippen molar-refractivity contribution < 1.29 is 51.3 Å². The lowest BCUT2D eigenvalue weighted by Gasteiger charge is -2.25. The van der Waals surface area contributed by atoms with Gasteiger partial charge in [0.15, 0.2) is 18.2 Å². The van der Waals surface area contributed by atoms with Gasteiger partial charge in [0.1, 0.15) is 35.1 Å². The molecule has 0 saturated carbocycles. The minimum absolute atomic E-state index is 0.254. The molecule has 3 aromatic rings. The van der Waals surface area contributed by atoms with Gasteiger partial charge in [0, 0.05) is 24.3 Å². The number of aromatic nitrogens is 2. The lowest BCUT2D eigenvalue weighted by Crippen LogP contribution is -2.37. The molecule has 1 amide bonds. The number of aliphatic carboxylic acids is 1. The van der Waals surface area contributed by atoms with Crippen LogP contribution in [0.3, 0.4) is 0 Å². The molecule has 0 bridgehead atoms. The molecule has 43 heavy (non-hydrogen) atoms. The first kappa shape index (κ1) is 32.8. The smallest absolute Gasteiger partial charge is 0.417 e. The van der Waals surface area contributed by atoms with Gasteiger partial charge in [0.05, 0.1) is 28.0 Å². The Kier molecular flexibility index (Phi) is 9.96. The number of alkyl halides is 3. The van der Waals surface area contributed by atoms with E-state index >= 15 is 0 Å². The van der Waals surface area contributed by atoms with Crippen LogP contribution in [0.4, 0.5) is 23.2 Å². The van der Waals surface area contributed by atoms with Crippen molar-refractivity contribution in [1.29, 1.82) is 0 Å². The summed E-state index contributed by atoms with van der Waals surface area (Å²) < 4.78 is 70.4. The van der Waals surface area contributed by atoms with Crippen LogP contribution < -0.4 is 20.3 Å². The van der Waals surface area contributed by atoms with Crippen molar-refractivity contribution in [3.05, 3.63) is 87.1 Å². The monoisotopic (exact) mass is 615 g/mol. The predicted molar refractivity (Wildman–Crippen MR) is 143 cm³/mol. The maximum absolute atomic E-state index is 13.8. The third kappa shape index (κ3) is 9.39. The number of halogens is 5. The topological polar surface area (TPSA) is 146 Å². The third-order valence-corrected chi connectivity index (χ3v) is 5.16. The number of rotatable bonds is 10. The number of nitrogens with one attached hydrogen (secondary N) is 1. The molecule has 11 nitrogen and oxygen atoms in total. The molecular formula is C24H13B3ClF4N3O8. The van der Waals surface area contributed by atoms with Gasteiger partial charge >= 0.3 is 18.1 Å². The van der Waals surface area contributed by atoms with Gasteiger partial charge in [-0.3, -0.25) is 9.59 Å². The fraction of sp³-hybridized carbons (Fsp3) is 0.125. The number of carboxylic acids is 1. The minimum atomic E-state index is -4.99. The molecular weight excluding hydrogens is 602 g/mol. The molecule has 216 valence electrons. The van der Waals surface area contributed by atoms with Crippen LogP contribution in [-0.2, 0) is 27.2 Å². The Bertz CT molecular complexity index is 1660. The highest BCUT2D eigenvalue weighted by molar-refractivity contribution is 6.58. The Morgan fingerprint density at radius 1 is 1.05 bits per heavy atom. The lowest BCUT2D eigenvalue weighted by atomic mass is 9.52. The number of nitrogens with zero attached hydrogens (tertiary/aromatic N) is 2. The summed E-state index contributed by atoms with van der Waals surface area (Å²) in [4.78, 5) is 47.3. The van der Waals surface area contributed by atoms with Crippen molar-refractivity contribution in [1.82, 2.24) is 9.78 Å². The second-order valence-corrected chi connectivity index (χ2v) is 8.68. The van der Waals surface area contributed by atoms with Gasteiger partial charge in [0.25, 0.3) is 11.5 Å². The van der Waals surface area contributed by atoms with Crippen LogP contribution in [0.25, 0.3) is 0 Å². The van der Waals surface area contributed by atoms with Gasteiger partial charge < -0.3 is 24.6 Å². The zero-order valence-corrected chi connectivity index (χ0v) is 22.0. The quantitative estimate of drug-likeness (QED) is 0.152. The van der Waals surface area contributed by atoms with E-state index in [1.807, 2.05) is 0 Å². The third-order valence-electron chi connectivity index (χ3n) is 4.85. The van der Waals surface area contributed by atoms with E-state index < -0.39 is 80.8 Å². The molecule has 0 fully saturated rings. The molecule has 6 radical (unpaired) electrons. The van der Waals surface area contributed by atoms with Crippen molar-refractivity contribution in [2.24, 2.45) is 0 Å². The summed E-state index contributed by atoms with van der Waals surface area (Å²) in [7, 11) is 16.1. The number of hydrogen-bond acceptors (Lipinski definition) is 8. The minimum Gasteiger partial charge on any atom is -0.512 e. The number of carbonyl (C=O) groups is 3. The van der Waals surface area contributed by atoms with Crippen molar-refractivity contribution in [3.8, 4) is 17.2 Å². The van der Waals surface area contributed by atoms with E-state index in [9.17, 15) is 36.7 Å². The molecule has 2 aromatic carbocycles. The molecule has 0 atom stereocenters. The van der Waals surface area contributed by atoms with E-state index in [0.717, 1.165) is 30.5 Å². The molecule has 3 rings (SSSR count). The number of benzene rings is 2. The lowest BCUT2D eigenvalue weighted by molar-refractivity contribution is -0.142. The average molecular weight is 615 g/mol. The van der Waals surface area contributed by atoms with Crippen LogP contribution in [-0.4, -0.2) is 61.6 Å². The Morgan fingerprint density at radius 2 is 1.74 bits per heavy atom. The summed E-state index contributed by atoms with van der Waals surface area (Å²) >= 11 is 5.80. The van der Waals surface area contributed by atoms with Gasteiger partial charge in [-0.05, 0) is 29.6 Å². The number of carboxylic acid groups (broad SMARTS) is 1. The van der Waals surface area contributed by atoms with Gasteiger partial charge in [-0.1, -0.05) is 11.6 Å². The van der Waals surface area contributed by atoms with Gasteiger partial charge in [-0.2, -0.15) is 23.0 Å². The maximum atomic E-state index is 13.8. The Balaban J connectivity index is 1.93. The zero-order chi connectivity index (χ0) is 32.1. The highest BCUT2D eigenvalue weighted by Gasteiger charge is 2.35. The summed E-state index contributed by atoms with van der Waals surface area (Å²) in [6, 6.07) is 4.37. The predicted octanol–water partition coefficient (Wildman–Crippen LogP) is 2.74. The van der Waals surface area contributed by atoms with E-state index in [1.165, 1.54) is 0 Å². The Morgan fingerprint density at radius 3 is 2.35 bits per heavy atom. The Hall–Kier alpha value is -4.73. The molecule has 0 aliphatic heterocycles. The number of hydrogen-bond donors (Lipinski definition) is 2. The van der Waals surface area contributed by atoms with Crippen LogP contribution in [0, 0.1) is 5.82 Å². The maximum Gasteiger partial charge on any atom is 0.417 e. The standard InChI is InChI=1S/C24H13B3ClF4N3O8/c25-24(26,27)43-18-5-11(29)1-2-16(18)42-17-8-14(23(30,31)32)15(28)7-13(17)22(40)34-12-6-19(36)35(33-9-12)10-41-21(39)4-3-20(37)38/h1-9H,10H2,(H,34,40)(H,37,38)/b4-3+. The second kappa shape index (κ2) is 13.1. The SMILES string of the molecule is [B]C([B])([B])Oc1cc(F)ccc1Oc1cc(C(F)(F)F)c(Cl)cc1C(=O)Nc1cnn(COC(=O)/C=C/C(=O)O)c(=O)c1. The van der Waals surface area contributed by atoms with E-state index in [4.69, 9.17) is 49.7 Å². The van der Waals surface area contributed by atoms with E-state index in [2.05, 4.69) is 15.2 Å². The van der Waals surface area contributed by atoms with Crippen LogP contribution in [0.2, 0.25) is 5.02 Å². The summed E-state index contributed by atoms with van der Waals surface area (Å²) in [5, 5.41) is 11.2. The van der Waals surface area contributed by atoms with Crippen LogP contribution in [0.15, 0.2) is 59.5 Å². The summed E-state index contributed by atoms with van der Waals surface area (Å²) in [5.41, 5.74) is -3.14. The van der Waals surface area contributed by atoms with Gasteiger partial charge in [0.2, 0.25) is 0 Å². The van der Waals surface area contributed by atoms with Crippen molar-refractivity contribution >= 4 is 58.7 Å². The van der Waals surface area contributed by atoms with E-state index in [0.29, 0.717) is 29.0 Å². The number of anilines is 1. The molecule has 0 aliphatic carbocycles. The molecule has 0 aliphatic rings. The highest BCUT2D eigenvalue weighted by Crippen LogP contribution is 2.41. The number of ether oxygens (including phenoxy) is 3. The van der Waals surface area contributed by atoms with Crippen LogP contribution in [0.1, 0.15) is 15.9 Å². The van der Waals surface area contributed by atoms with Crippen molar-refractivity contribution in [2.45, 2.75) is 18.2 Å². The van der Waals surface area contributed by atoms with E-state index in [-0.39, 0.29) is 5.69 Å². The van der Waals surface area contributed by atoms with Crippen molar-refractivity contribution in [2.75, 3.05) is 5.32 Å². The summed E-state index contributed by atoms with van der Waals surface area (Å²) in [5.74, 6) is -6.25. The second-order valence-electron chi connectivity index (χ2n) is 8.27. The first-order valence-electron chi connectivity index (χ1n) is 11.3. The molecule has 19 heteroatoms. The number of amides is 1. The largest absolute Gasteiger partial charge is 0.512 e. The first-order valence-corrected chi connectivity index (χ1v) is 11.7. The van der Waals surface area contributed by atoms with Gasteiger partial charge in [-0.15, -0.1) is 0 Å². The van der Waals surface area contributed by atoms with Crippen LogP contribution >= 0.6 is 11.6 Å². The van der Waals surface area contributed by atoms with Crippen LogP contribution in [0.5, 0.6) is 17.2 Å². The van der Waals surface area contributed by atoms with E-state index in [1.54, 1.807) is 0 Å². The number of carbonyl (C=O) groups excluding carboxylic acids is 2. The highest BCUT2D eigenvalue weighted by atomic mass is 35.5. The molecule has 1 heterocycles. The molecule has 0 spiro atoms. The summed E-state index contributed by atoms with van der Waals surface area (Å²) in [6.07, 6.45) is -2.96.